The van der Waals surface area contributed by atoms with Gasteiger partial charge in [-0.05, 0) is 57.4 Å². The number of urea groups is 1. The third-order valence-corrected chi connectivity index (χ3v) is 6.14. The Kier molecular flexibility index (Phi) is 8.51. The minimum atomic E-state index is -3.61. The smallest absolute Gasteiger partial charge is 0.315 e. The largest absolute Gasteiger partial charge is 0.394 e. The van der Waals surface area contributed by atoms with Gasteiger partial charge in [0, 0.05) is 17.6 Å². The molecule has 1 aromatic carbocycles. The Labute approximate surface area is 171 Å². The molecule has 10 heteroatoms. The van der Waals surface area contributed by atoms with Crippen molar-refractivity contribution < 1.29 is 23.1 Å². The zero-order valence-electron chi connectivity index (χ0n) is 16.0. The van der Waals surface area contributed by atoms with Crippen molar-refractivity contribution in [1.82, 2.24) is 15.4 Å². The second kappa shape index (κ2) is 10.4. The predicted octanol–water partition coefficient (Wildman–Crippen LogP) is 1.62. The van der Waals surface area contributed by atoms with Crippen LogP contribution in [-0.4, -0.2) is 57.0 Å². The van der Waals surface area contributed by atoms with Gasteiger partial charge in [0.1, 0.15) is 6.10 Å². The van der Waals surface area contributed by atoms with E-state index in [4.69, 9.17) is 16.3 Å². The number of carbonyl (C=O) groups is 1. The molecule has 2 rings (SSSR count). The Balaban J connectivity index is 1.81. The molecule has 1 saturated heterocycles. The van der Waals surface area contributed by atoms with Crippen molar-refractivity contribution in [2.45, 2.75) is 62.3 Å². The Hall–Kier alpha value is -1.39. The highest BCUT2D eigenvalue weighted by Crippen LogP contribution is 2.22. The van der Waals surface area contributed by atoms with Crippen molar-refractivity contribution in [1.29, 1.82) is 0 Å². The maximum atomic E-state index is 12.3. The van der Waals surface area contributed by atoms with Crippen LogP contribution in [0.1, 0.15) is 33.1 Å². The SMILES string of the molecule is CC(C)NC(=O)N[C@H]1CC[C@H](CCNS(=O)(=O)c2ccc(Cl)cc2)O[C@@H]1CO. The molecule has 158 valence electrons. The second-order valence-electron chi connectivity index (χ2n) is 7.08. The second-order valence-corrected chi connectivity index (χ2v) is 9.28. The number of hydrogen-bond acceptors (Lipinski definition) is 5. The molecule has 0 radical (unpaired) electrons. The Bertz CT molecular complexity index is 742. The van der Waals surface area contributed by atoms with Gasteiger partial charge < -0.3 is 20.5 Å². The molecule has 0 saturated carbocycles. The first kappa shape index (κ1) is 22.9. The molecule has 1 heterocycles. The normalized spacial score (nSPS) is 22.8. The first-order chi connectivity index (χ1) is 13.2. The zero-order chi connectivity index (χ0) is 20.7. The summed E-state index contributed by atoms with van der Waals surface area (Å²) in [6.07, 6.45) is 1.05. The standard InChI is InChI=1S/C18H28ClN3O5S/c1-12(2)21-18(24)22-16-8-5-14(27-17(16)11-23)9-10-20-28(25,26)15-6-3-13(19)4-7-15/h3-4,6-7,12,14,16-17,20,23H,5,8-11H2,1-2H3,(H2,21,22,24)/t14-,16+,17-/m1/s1. The molecule has 0 unspecified atom stereocenters. The van der Waals surface area contributed by atoms with Crippen LogP contribution in [-0.2, 0) is 14.8 Å². The molecule has 1 aromatic rings. The summed E-state index contributed by atoms with van der Waals surface area (Å²) < 4.78 is 32.9. The number of nitrogens with one attached hydrogen (secondary N) is 3. The van der Waals surface area contributed by atoms with Gasteiger partial charge in [-0.25, -0.2) is 17.9 Å². The topological polar surface area (TPSA) is 117 Å². The van der Waals surface area contributed by atoms with Crippen molar-refractivity contribution in [3.8, 4) is 0 Å². The summed E-state index contributed by atoms with van der Waals surface area (Å²) in [5.74, 6) is 0. The monoisotopic (exact) mass is 433 g/mol. The molecular formula is C18H28ClN3O5S. The lowest BCUT2D eigenvalue weighted by atomic mass is 9.97. The average molecular weight is 434 g/mol. The predicted molar refractivity (Wildman–Crippen MR) is 107 cm³/mol. The molecular weight excluding hydrogens is 406 g/mol. The quantitative estimate of drug-likeness (QED) is 0.497. The number of aliphatic hydroxyl groups is 1. The lowest BCUT2D eigenvalue weighted by molar-refractivity contribution is -0.0886. The third-order valence-electron chi connectivity index (χ3n) is 4.41. The molecule has 0 bridgehead atoms. The van der Waals surface area contributed by atoms with Gasteiger partial charge in [-0.3, -0.25) is 0 Å². The average Bonchev–Trinajstić information content (AvgIpc) is 2.62. The van der Waals surface area contributed by atoms with Crippen LogP contribution in [0.4, 0.5) is 4.79 Å². The number of benzene rings is 1. The van der Waals surface area contributed by atoms with Crippen molar-refractivity contribution >= 4 is 27.7 Å². The summed E-state index contributed by atoms with van der Waals surface area (Å²) in [6.45, 7) is 3.71. The lowest BCUT2D eigenvalue weighted by Gasteiger charge is -2.36. The van der Waals surface area contributed by atoms with Crippen molar-refractivity contribution in [2.75, 3.05) is 13.2 Å². The number of halogens is 1. The van der Waals surface area contributed by atoms with Gasteiger partial charge in [0.15, 0.2) is 0 Å². The minimum Gasteiger partial charge on any atom is -0.394 e. The molecule has 1 aliphatic rings. The first-order valence-electron chi connectivity index (χ1n) is 9.30. The summed E-state index contributed by atoms with van der Waals surface area (Å²) in [5.41, 5.74) is 0. The molecule has 0 aliphatic carbocycles. The van der Waals surface area contributed by atoms with Gasteiger partial charge in [-0.15, -0.1) is 0 Å². The van der Waals surface area contributed by atoms with E-state index in [1.807, 2.05) is 13.8 Å². The van der Waals surface area contributed by atoms with E-state index in [2.05, 4.69) is 15.4 Å². The molecule has 8 nitrogen and oxygen atoms in total. The van der Waals surface area contributed by atoms with Crippen LogP contribution in [0.15, 0.2) is 29.2 Å². The first-order valence-corrected chi connectivity index (χ1v) is 11.2. The van der Waals surface area contributed by atoms with Gasteiger partial charge >= 0.3 is 6.03 Å². The number of amides is 2. The van der Waals surface area contributed by atoms with Crippen LogP contribution >= 0.6 is 11.6 Å². The summed E-state index contributed by atoms with van der Waals surface area (Å²) >= 11 is 5.78. The van der Waals surface area contributed by atoms with Crippen molar-refractivity contribution in [3.63, 3.8) is 0 Å². The Morgan fingerprint density at radius 1 is 1.29 bits per heavy atom. The fourth-order valence-corrected chi connectivity index (χ4v) is 4.21. The van der Waals surface area contributed by atoms with E-state index in [0.717, 1.165) is 0 Å². The summed E-state index contributed by atoms with van der Waals surface area (Å²) in [5, 5.41) is 15.6. The minimum absolute atomic E-state index is 0.0125. The van der Waals surface area contributed by atoms with E-state index >= 15 is 0 Å². The van der Waals surface area contributed by atoms with Gasteiger partial charge in [0.2, 0.25) is 10.0 Å². The zero-order valence-corrected chi connectivity index (χ0v) is 17.6. The summed E-state index contributed by atoms with van der Waals surface area (Å²) in [7, 11) is -3.61. The third kappa shape index (κ3) is 6.89. The number of aliphatic hydroxyl groups excluding tert-OH is 1. The van der Waals surface area contributed by atoms with E-state index in [1.165, 1.54) is 24.3 Å². The highest BCUT2D eigenvalue weighted by Gasteiger charge is 2.32. The number of rotatable bonds is 8. The molecule has 2 amide bonds. The van der Waals surface area contributed by atoms with Crippen molar-refractivity contribution in [2.24, 2.45) is 0 Å². The molecule has 1 aliphatic heterocycles. The van der Waals surface area contributed by atoms with E-state index in [0.29, 0.717) is 24.3 Å². The summed E-state index contributed by atoms with van der Waals surface area (Å²) in [6, 6.07) is 5.37. The number of hydrogen-bond donors (Lipinski definition) is 4. The van der Waals surface area contributed by atoms with Crippen LogP contribution in [0.5, 0.6) is 0 Å². The number of carbonyl (C=O) groups excluding carboxylic acids is 1. The fourth-order valence-electron chi connectivity index (χ4n) is 3.03. The van der Waals surface area contributed by atoms with Crippen LogP contribution in [0.3, 0.4) is 0 Å². The fraction of sp³-hybridized carbons (Fsp3) is 0.611. The van der Waals surface area contributed by atoms with Gasteiger partial charge in [-0.1, -0.05) is 11.6 Å². The maximum Gasteiger partial charge on any atom is 0.315 e. The van der Waals surface area contributed by atoms with Crippen LogP contribution in [0, 0.1) is 0 Å². The van der Waals surface area contributed by atoms with E-state index in [-0.39, 0.29) is 42.3 Å². The molecule has 28 heavy (non-hydrogen) atoms. The van der Waals surface area contributed by atoms with E-state index in [9.17, 15) is 18.3 Å². The van der Waals surface area contributed by atoms with E-state index in [1.54, 1.807) is 0 Å². The molecule has 4 N–H and O–H groups in total. The van der Waals surface area contributed by atoms with Crippen LogP contribution in [0.2, 0.25) is 5.02 Å². The highest BCUT2D eigenvalue weighted by molar-refractivity contribution is 7.89. The Morgan fingerprint density at radius 2 is 1.96 bits per heavy atom. The van der Waals surface area contributed by atoms with Gasteiger partial charge in [-0.2, -0.15) is 0 Å². The Morgan fingerprint density at radius 3 is 2.57 bits per heavy atom. The maximum absolute atomic E-state index is 12.3. The lowest BCUT2D eigenvalue weighted by Crippen LogP contribution is -2.54. The van der Waals surface area contributed by atoms with Gasteiger partial charge in [0.05, 0.1) is 23.6 Å². The van der Waals surface area contributed by atoms with Crippen LogP contribution < -0.4 is 15.4 Å². The molecule has 1 fully saturated rings. The van der Waals surface area contributed by atoms with Crippen molar-refractivity contribution in [3.05, 3.63) is 29.3 Å². The van der Waals surface area contributed by atoms with E-state index < -0.39 is 16.1 Å². The molecule has 0 spiro atoms. The number of sulfonamides is 1. The summed E-state index contributed by atoms with van der Waals surface area (Å²) in [4.78, 5) is 12.0. The molecule has 3 atom stereocenters. The highest BCUT2D eigenvalue weighted by atomic mass is 35.5. The van der Waals surface area contributed by atoms with Crippen LogP contribution in [0.25, 0.3) is 0 Å². The number of ether oxygens (including phenoxy) is 1. The molecule has 0 aromatic heterocycles. The van der Waals surface area contributed by atoms with Gasteiger partial charge in [0.25, 0.3) is 0 Å².